The van der Waals surface area contributed by atoms with Crippen molar-refractivity contribution >= 4 is 21.8 Å². The Morgan fingerprint density at radius 3 is 2.78 bits per heavy atom. The maximum atomic E-state index is 12.1. The van der Waals surface area contributed by atoms with Gasteiger partial charge in [0, 0.05) is 31.3 Å². The standard InChI is InChI=1S/C13H14BrN3O/c1-16(8-10-5-3-4-6-12(10)14)13(18)11-7-15-17(2)9-11/h3-7,9H,8H2,1-2H3. The van der Waals surface area contributed by atoms with Gasteiger partial charge in [0.2, 0.25) is 0 Å². The van der Waals surface area contributed by atoms with Crippen LogP contribution >= 0.6 is 15.9 Å². The number of halogens is 1. The minimum absolute atomic E-state index is 0.0288. The van der Waals surface area contributed by atoms with Gasteiger partial charge in [-0.05, 0) is 11.6 Å². The quantitative estimate of drug-likeness (QED) is 0.873. The van der Waals surface area contributed by atoms with E-state index >= 15 is 0 Å². The van der Waals surface area contributed by atoms with Crippen molar-refractivity contribution in [2.24, 2.45) is 7.05 Å². The summed E-state index contributed by atoms with van der Waals surface area (Å²) in [6.07, 6.45) is 3.30. The summed E-state index contributed by atoms with van der Waals surface area (Å²) in [5, 5.41) is 4.00. The van der Waals surface area contributed by atoms with Gasteiger partial charge in [-0.3, -0.25) is 9.48 Å². The monoisotopic (exact) mass is 307 g/mol. The number of carbonyl (C=O) groups is 1. The van der Waals surface area contributed by atoms with Crippen molar-refractivity contribution in [2.75, 3.05) is 7.05 Å². The molecule has 0 saturated carbocycles. The predicted molar refractivity (Wildman–Crippen MR) is 73.1 cm³/mol. The van der Waals surface area contributed by atoms with Crippen molar-refractivity contribution < 1.29 is 4.79 Å². The van der Waals surface area contributed by atoms with Crippen LogP contribution in [0.1, 0.15) is 15.9 Å². The first-order valence-corrected chi connectivity index (χ1v) is 6.35. The molecule has 1 heterocycles. The second-order valence-corrected chi connectivity index (χ2v) is 5.01. The molecule has 1 aromatic heterocycles. The number of hydrogen-bond donors (Lipinski definition) is 0. The van der Waals surface area contributed by atoms with E-state index in [1.165, 1.54) is 0 Å². The van der Waals surface area contributed by atoms with Crippen molar-refractivity contribution in [3.8, 4) is 0 Å². The van der Waals surface area contributed by atoms with Crippen molar-refractivity contribution in [2.45, 2.75) is 6.54 Å². The SMILES string of the molecule is CN(Cc1ccccc1Br)C(=O)c1cnn(C)c1. The van der Waals surface area contributed by atoms with E-state index in [0.717, 1.165) is 10.0 Å². The molecule has 0 saturated heterocycles. The lowest BCUT2D eigenvalue weighted by Crippen LogP contribution is -2.26. The van der Waals surface area contributed by atoms with Gasteiger partial charge in [0.05, 0.1) is 11.8 Å². The third-order valence-electron chi connectivity index (χ3n) is 2.66. The summed E-state index contributed by atoms with van der Waals surface area (Å²) in [5.41, 5.74) is 1.68. The van der Waals surface area contributed by atoms with Gasteiger partial charge in [-0.25, -0.2) is 0 Å². The Balaban J connectivity index is 2.11. The number of aromatic nitrogens is 2. The van der Waals surface area contributed by atoms with Crippen LogP contribution in [0, 0.1) is 0 Å². The highest BCUT2D eigenvalue weighted by Crippen LogP contribution is 2.18. The molecule has 18 heavy (non-hydrogen) atoms. The van der Waals surface area contributed by atoms with Crippen molar-refractivity contribution in [3.63, 3.8) is 0 Å². The lowest BCUT2D eigenvalue weighted by molar-refractivity contribution is 0.0785. The molecule has 0 radical (unpaired) electrons. The number of carbonyl (C=O) groups excluding carboxylic acids is 1. The number of benzene rings is 1. The van der Waals surface area contributed by atoms with Crippen LogP contribution in [0.25, 0.3) is 0 Å². The topological polar surface area (TPSA) is 38.1 Å². The van der Waals surface area contributed by atoms with Crippen LogP contribution < -0.4 is 0 Å². The van der Waals surface area contributed by atoms with Crippen LogP contribution in [0.5, 0.6) is 0 Å². The minimum Gasteiger partial charge on any atom is -0.337 e. The first kappa shape index (κ1) is 12.8. The number of amides is 1. The number of hydrogen-bond acceptors (Lipinski definition) is 2. The molecule has 0 aliphatic rings. The Bertz CT molecular complexity index is 565. The van der Waals surface area contributed by atoms with Crippen molar-refractivity contribution in [1.29, 1.82) is 0 Å². The van der Waals surface area contributed by atoms with Gasteiger partial charge in [0.15, 0.2) is 0 Å². The molecule has 0 aliphatic carbocycles. The molecule has 5 heteroatoms. The predicted octanol–water partition coefficient (Wildman–Crippen LogP) is 2.45. The van der Waals surface area contributed by atoms with Crippen LogP contribution in [0.15, 0.2) is 41.1 Å². The lowest BCUT2D eigenvalue weighted by atomic mass is 10.2. The lowest BCUT2D eigenvalue weighted by Gasteiger charge is -2.17. The van der Waals surface area contributed by atoms with Crippen LogP contribution in [-0.4, -0.2) is 27.6 Å². The Hall–Kier alpha value is -1.62. The van der Waals surface area contributed by atoms with Gasteiger partial charge in [0.1, 0.15) is 0 Å². The number of aryl methyl sites for hydroxylation is 1. The summed E-state index contributed by atoms with van der Waals surface area (Å²) in [6, 6.07) is 7.88. The van der Waals surface area contributed by atoms with Crippen molar-refractivity contribution in [1.82, 2.24) is 14.7 Å². The normalized spacial score (nSPS) is 10.4. The smallest absolute Gasteiger partial charge is 0.257 e. The van der Waals surface area contributed by atoms with E-state index in [1.54, 1.807) is 36.1 Å². The highest BCUT2D eigenvalue weighted by Gasteiger charge is 2.14. The molecule has 0 atom stereocenters. The third-order valence-corrected chi connectivity index (χ3v) is 3.44. The average Bonchev–Trinajstić information content (AvgIpc) is 2.78. The molecule has 2 rings (SSSR count). The maximum absolute atomic E-state index is 12.1. The van der Waals surface area contributed by atoms with Crippen LogP contribution in [0.3, 0.4) is 0 Å². The highest BCUT2D eigenvalue weighted by atomic mass is 79.9. The third kappa shape index (κ3) is 2.79. The van der Waals surface area contributed by atoms with Gasteiger partial charge < -0.3 is 4.90 Å². The Morgan fingerprint density at radius 1 is 1.44 bits per heavy atom. The van der Waals surface area contributed by atoms with Gasteiger partial charge in [-0.2, -0.15) is 5.10 Å². The van der Waals surface area contributed by atoms with E-state index in [4.69, 9.17) is 0 Å². The van der Waals surface area contributed by atoms with E-state index in [1.807, 2.05) is 24.3 Å². The summed E-state index contributed by atoms with van der Waals surface area (Å²) >= 11 is 3.48. The first-order valence-electron chi connectivity index (χ1n) is 5.55. The zero-order chi connectivity index (χ0) is 13.1. The molecule has 4 nitrogen and oxygen atoms in total. The van der Waals surface area contributed by atoms with Crippen LogP contribution in [0.2, 0.25) is 0 Å². The summed E-state index contributed by atoms with van der Waals surface area (Å²) in [5.74, 6) is -0.0288. The molecule has 1 aromatic carbocycles. The second kappa shape index (κ2) is 5.35. The molecular formula is C13H14BrN3O. The molecule has 0 spiro atoms. The fourth-order valence-electron chi connectivity index (χ4n) is 1.71. The molecule has 2 aromatic rings. The Labute approximate surface area is 114 Å². The van der Waals surface area contributed by atoms with Crippen molar-refractivity contribution in [3.05, 3.63) is 52.3 Å². The number of rotatable bonds is 3. The molecular weight excluding hydrogens is 294 g/mol. The summed E-state index contributed by atoms with van der Waals surface area (Å²) in [7, 11) is 3.58. The van der Waals surface area contributed by atoms with E-state index in [-0.39, 0.29) is 5.91 Å². The molecule has 0 N–H and O–H groups in total. The molecule has 0 unspecified atom stereocenters. The van der Waals surface area contributed by atoms with Crippen LogP contribution in [-0.2, 0) is 13.6 Å². The molecule has 0 bridgehead atoms. The maximum Gasteiger partial charge on any atom is 0.257 e. The molecule has 1 amide bonds. The van der Waals surface area contributed by atoms with Crippen LogP contribution in [0.4, 0.5) is 0 Å². The Kier molecular flexibility index (Phi) is 3.81. The second-order valence-electron chi connectivity index (χ2n) is 4.16. The molecule has 0 aliphatic heterocycles. The van der Waals surface area contributed by atoms with E-state index < -0.39 is 0 Å². The zero-order valence-corrected chi connectivity index (χ0v) is 11.9. The van der Waals surface area contributed by atoms with Gasteiger partial charge >= 0.3 is 0 Å². The largest absolute Gasteiger partial charge is 0.337 e. The van der Waals surface area contributed by atoms with E-state index in [0.29, 0.717) is 12.1 Å². The highest BCUT2D eigenvalue weighted by molar-refractivity contribution is 9.10. The molecule has 0 fully saturated rings. The average molecular weight is 308 g/mol. The fourth-order valence-corrected chi connectivity index (χ4v) is 2.12. The minimum atomic E-state index is -0.0288. The fraction of sp³-hybridized carbons (Fsp3) is 0.231. The first-order chi connectivity index (χ1) is 8.58. The van der Waals surface area contributed by atoms with Gasteiger partial charge in [-0.15, -0.1) is 0 Å². The summed E-state index contributed by atoms with van der Waals surface area (Å²) < 4.78 is 2.63. The molecule has 94 valence electrons. The zero-order valence-electron chi connectivity index (χ0n) is 10.3. The summed E-state index contributed by atoms with van der Waals surface area (Å²) in [6.45, 7) is 0.565. The van der Waals surface area contributed by atoms with E-state index in [2.05, 4.69) is 21.0 Å². The van der Waals surface area contributed by atoms with Gasteiger partial charge in [0.25, 0.3) is 5.91 Å². The van der Waals surface area contributed by atoms with E-state index in [9.17, 15) is 4.79 Å². The summed E-state index contributed by atoms with van der Waals surface area (Å²) in [4.78, 5) is 13.8. The van der Waals surface area contributed by atoms with Gasteiger partial charge in [-0.1, -0.05) is 34.1 Å². The number of nitrogens with zero attached hydrogens (tertiary/aromatic N) is 3. The Morgan fingerprint density at radius 2 is 2.17 bits per heavy atom.